The molecule has 0 heterocycles. The molecule has 5 saturated carbocycles. The molecule has 5 aliphatic carbocycles. The first kappa shape index (κ1) is 4.76. The van der Waals surface area contributed by atoms with Gasteiger partial charge in [-0.15, -0.1) is 0 Å². The van der Waals surface area contributed by atoms with Gasteiger partial charge in [-0.2, -0.15) is 0 Å². The fraction of sp³-hybridized carbons (Fsp3) is 1.00. The van der Waals surface area contributed by atoms with Crippen molar-refractivity contribution in [3.63, 3.8) is 0 Å². The van der Waals surface area contributed by atoms with E-state index in [1.54, 1.807) is 6.42 Å². The van der Waals surface area contributed by atoms with Crippen molar-refractivity contribution in [2.75, 3.05) is 0 Å². The fourth-order valence-corrected chi connectivity index (χ4v) is 4.38. The minimum Gasteiger partial charge on any atom is -0.327 e. The Labute approximate surface area is 61.0 Å². The maximum absolute atomic E-state index is 6.12. The number of hydrogen-bond donors (Lipinski definition) is 1. The Morgan fingerprint density at radius 2 is 2.10 bits per heavy atom. The summed E-state index contributed by atoms with van der Waals surface area (Å²) in [5.41, 5.74) is 7.71. The first-order valence-electron chi connectivity index (χ1n) is 4.54. The molecule has 2 N–H and O–H groups in total. The van der Waals surface area contributed by atoms with Crippen molar-refractivity contribution in [2.24, 2.45) is 28.4 Å². The zero-order valence-electron chi connectivity index (χ0n) is 6.14. The van der Waals surface area contributed by atoms with Crippen molar-refractivity contribution in [1.82, 2.24) is 0 Å². The highest BCUT2D eigenvalue weighted by molar-refractivity contribution is 5.38. The second kappa shape index (κ2) is 0.911. The molecule has 2 bridgehead atoms. The van der Waals surface area contributed by atoms with Crippen molar-refractivity contribution in [3.05, 3.63) is 0 Å². The number of nitrogens with two attached hydrogens (primary N) is 1. The summed E-state index contributed by atoms with van der Waals surface area (Å²) in [4.78, 5) is 0. The molecule has 0 radical (unpaired) electrons. The molecule has 0 aliphatic heterocycles. The Morgan fingerprint density at radius 1 is 1.20 bits per heavy atom. The molecule has 5 aliphatic rings. The van der Waals surface area contributed by atoms with Crippen LogP contribution in [0.5, 0.6) is 0 Å². The Morgan fingerprint density at radius 3 is 2.80 bits per heavy atom. The van der Waals surface area contributed by atoms with Gasteiger partial charge < -0.3 is 5.73 Å². The maximum atomic E-state index is 6.12. The van der Waals surface area contributed by atoms with Gasteiger partial charge in [0.2, 0.25) is 0 Å². The highest BCUT2D eigenvalue weighted by Crippen LogP contribution is 2.93. The van der Waals surface area contributed by atoms with Crippen LogP contribution < -0.4 is 5.73 Å². The summed E-state index contributed by atoms with van der Waals surface area (Å²) in [6, 6.07) is 0.631. The van der Waals surface area contributed by atoms with Crippen LogP contribution in [0.15, 0.2) is 0 Å². The largest absolute Gasteiger partial charge is 0.327 e. The molecule has 1 nitrogen and oxygen atoms in total. The third-order valence-electron chi connectivity index (χ3n) is 5.09. The van der Waals surface area contributed by atoms with Crippen molar-refractivity contribution in [3.8, 4) is 0 Å². The van der Waals surface area contributed by atoms with E-state index in [1.165, 1.54) is 19.3 Å². The lowest BCUT2D eigenvalue weighted by atomic mass is 9.60. The third-order valence-corrected chi connectivity index (χ3v) is 5.09. The van der Waals surface area contributed by atoms with Crippen LogP contribution in [0.2, 0.25) is 0 Å². The Bertz CT molecular complexity index is 231. The van der Waals surface area contributed by atoms with E-state index < -0.39 is 0 Å². The molecule has 5 unspecified atom stereocenters. The quantitative estimate of drug-likeness (QED) is 0.529. The normalized spacial score (nSPS) is 80.7. The van der Waals surface area contributed by atoms with Gasteiger partial charge in [0.25, 0.3) is 0 Å². The maximum Gasteiger partial charge on any atom is 0.0130 e. The summed E-state index contributed by atoms with van der Waals surface area (Å²) >= 11 is 0. The lowest BCUT2D eigenvalue weighted by Gasteiger charge is -2.48. The summed E-state index contributed by atoms with van der Waals surface area (Å²) in [6.07, 6.45) is 6.06. The first-order chi connectivity index (χ1) is 4.79. The van der Waals surface area contributed by atoms with Crippen LogP contribution in [0, 0.1) is 22.7 Å². The number of hydrogen-bond acceptors (Lipinski definition) is 1. The Kier molecular flexibility index (Phi) is 0.434. The molecule has 0 aromatic carbocycles. The van der Waals surface area contributed by atoms with E-state index >= 15 is 0 Å². The van der Waals surface area contributed by atoms with E-state index in [4.69, 9.17) is 5.73 Å². The van der Waals surface area contributed by atoms with Crippen molar-refractivity contribution >= 4 is 0 Å². The van der Waals surface area contributed by atoms with Crippen LogP contribution >= 0.6 is 0 Å². The van der Waals surface area contributed by atoms with Gasteiger partial charge in [-0.05, 0) is 48.3 Å². The average Bonchev–Trinajstić information content (AvgIpc) is 2.70. The summed E-state index contributed by atoms with van der Waals surface area (Å²) < 4.78 is 0. The molecule has 1 heteroatoms. The SMILES string of the molecule is NC1C2CC3CC34CC14C2. The van der Waals surface area contributed by atoms with Crippen LogP contribution in [-0.4, -0.2) is 6.04 Å². The molecule has 54 valence electrons. The van der Waals surface area contributed by atoms with Gasteiger partial charge >= 0.3 is 0 Å². The van der Waals surface area contributed by atoms with E-state index in [9.17, 15) is 0 Å². The standard InChI is InChI=1S/C9H13N/c10-7-5-1-6-3-8(6)4-9(7,8)2-5/h5-7H,1-4,10H2. The molecule has 2 spiro atoms. The van der Waals surface area contributed by atoms with Crippen LogP contribution in [0.1, 0.15) is 25.7 Å². The predicted octanol–water partition coefficient (Wildman–Crippen LogP) is 1.13. The summed E-state index contributed by atoms with van der Waals surface area (Å²) in [6.45, 7) is 0. The Hall–Kier alpha value is -0.0400. The van der Waals surface area contributed by atoms with Gasteiger partial charge in [0.05, 0.1) is 0 Å². The van der Waals surface area contributed by atoms with Crippen LogP contribution in [0.3, 0.4) is 0 Å². The van der Waals surface area contributed by atoms with Crippen LogP contribution in [0.4, 0.5) is 0 Å². The van der Waals surface area contributed by atoms with Gasteiger partial charge in [0.15, 0.2) is 0 Å². The van der Waals surface area contributed by atoms with E-state index in [1.807, 2.05) is 0 Å². The minimum absolute atomic E-state index is 0.631. The topological polar surface area (TPSA) is 26.0 Å². The molecule has 5 atom stereocenters. The molecule has 5 rings (SSSR count). The van der Waals surface area contributed by atoms with Gasteiger partial charge in [0.1, 0.15) is 0 Å². The van der Waals surface area contributed by atoms with E-state index in [0.717, 1.165) is 22.7 Å². The van der Waals surface area contributed by atoms with Crippen molar-refractivity contribution in [2.45, 2.75) is 31.7 Å². The van der Waals surface area contributed by atoms with Gasteiger partial charge in [-0.25, -0.2) is 0 Å². The average molecular weight is 135 g/mol. The molecule has 0 amide bonds. The molecule has 0 aromatic rings. The van der Waals surface area contributed by atoms with Crippen LogP contribution in [-0.2, 0) is 0 Å². The van der Waals surface area contributed by atoms with Crippen molar-refractivity contribution < 1.29 is 0 Å². The second-order valence-corrected chi connectivity index (χ2v) is 5.12. The smallest absolute Gasteiger partial charge is 0.0130 e. The van der Waals surface area contributed by atoms with Crippen LogP contribution in [0.25, 0.3) is 0 Å². The third kappa shape index (κ3) is 0.230. The van der Waals surface area contributed by atoms with E-state index in [2.05, 4.69) is 0 Å². The lowest BCUT2D eigenvalue weighted by molar-refractivity contribution is 0.0514. The first-order valence-corrected chi connectivity index (χ1v) is 4.54. The highest BCUT2D eigenvalue weighted by Gasteiger charge is 2.88. The van der Waals surface area contributed by atoms with Crippen molar-refractivity contribution in [1.29, 1.82) is 0 Å². The molecule has 0 saturated heterocycles. The zero-order chi connectivity index (χ0) is 6.56. The second-order valence-electron chi connectivity index (χ2n) is 5.12. The zero-order valence-corrected chi connectivity index (χ0v) is 6.14. The van der Waals surface area contributed by atoms with E-state index in [0.29, 0.717) is 6.04 Å². The molecule has 5 fully saturated rings. The summed E-state index contributed by atoms with van der Waals surface area (Å²) in [5.74, 6) is 2.09. The molecular formula is C9H13N. The fourth-order valence-electron chi connectivity index (χ4n) is 4.38. The highest BCUT2D eigenvalue weighted by atomic mass is 15.0. The summed E-state index contributed by atoms with van der Waals surface area (Å²) in [5, 5.41) is 0. The Balaban J connectivity index is 1.90. The van der Waals surface area contributed by atoms with Gasteiger partial charge in [-0.1, -0.05) is 0 Å². The molecule has 0 aromatic heterocycles. The van der Waals surface area contributed by atoms with Gasteiger partial charge in [-0.3, -0.25) is 0 Å². The monoisotopic (exact) mass is 135 g/mol. The predicted molar refractivity (Wildman–Crippen MR) is 38.3 cm³/mol. The number of rotatable bonds is 0. The molecule has 10 heavy (non-hydrogen) atoms. The molecular weight excluding hydrogens is 122 g/mol. The minimum atomic E-state index is 0.631. The summed E-state index contributed by atoms with van der Waals surface area (Å²) in [7, 11) is 0. The lowest BCUT2D eigenvalue weighted by Crippen LogP contribution is -2.54. The van der Waals surface area contributed by atoms with Gasteiger partial charge in [0, 0.05) is 6.04 Å². The van der Waals surface area contributed by atoms with E-state index in [-0.39, 0.29) is 0 Å².